The van der Waals surface area contributed by atoms with Crippen LogP contribution in [0.3, 0.4) is 0 Å². The molecule has 1 heterocycles. The van der Waals surface area contributed by atoms with E-state index in [4.69, 9.17) is 0 Å². The van der Waals surface area contributed by atoms with Crippen molar-refractivity contribution in [2.24, 2.45) is 4.99 Å². The summed E-state index contributed by atoms with van der Waals surface area (Å²) in [7, 11) is 2.01. The van der Waals surface area contributed by atoms with Gasteiger partial charge in [-0.05, 0) is 44.0 Å². The number of hydrogen-bond acceptors (Lipinski definition) is 2. The van der Waals surface area contributed by atoms with E-state index < -0.39 is 0 Å². The third-order valence-corrected chi connectivity index (χ3v) is 4.28. The Kier molecular flexibility index (Phi) is 4.02. The molecule has 2 aromatic carbocycles. The highest BCUT2D eigenvalue weighted by molar-refractivity contribution is 6.09. The maximum absolute atomic E-state index is 3.85. The molecule has 0 radical (unpaired) electrons. The molecule has 116 valence electrons. The first-order valence-corrected chi connectivity index (χ1v) is 7.74. The van der Waals surface area contributed by atoms with Crippen LogP contribution in [-0.4, -0.2) is 18.3 Å². The van der Waals surface area contributed by atoms with Crippen molar-refractivity contribution in [1.29, 1.82) is 0 Å². The number of para-hydroxylation sites is 1. The van der Waals surface area contributed by atoms with Gasteiger partial charge in [0.15, 0.2) is 0 Å². The first-order chi connectivity index (χ1) is 11.2. The fourth-order valence-electron chi connectivity index (χ4n) is 3.11. The molecule has 0 N–H and O–H groups in total. The Labute approximate surface area is 136 Å². The zero-order chi connectivity index (χ0) is 16.4. The molecule has 3 heteroatoms. The lowest BCUT2D eigenvalue weighted by atomic mass is 10.1. The van der Waals surface area contributed by atoms with Gasteiger partial charge in [0.1, 0.15) is 0 Å². The number of allylic oxidation sites excluding steroid dienone is 1. The molecule has 0 saturated heterocycles. The second-order valence-electron chi connectivity index (χ2n) is 5.46. The number of fused-ring (bicyclic) bond motifs is 3. The van der Waals surface area contributed by atoms with E-state index in [1.807, 2.05) is 7.05 Å². The third-order valence-electron chi connectivity index (χ3n) is 4.28. The predicted octanol–water partition coefficient (Wildman–Crippen LogP) is 4.98. The molecule has 0 aliphatic carbocycles. The number of likely N-dealkylation sites (N-methyl/N-ethyl adjacent to an activating group) is 1. The van der Waals surface area contributed by atoms with Crippen molar-refractivity contribution in [3.05, 3.63) is 67.0 Å². The summed E-state index contributed by atoms with van der Waals surface area (Å²) in [5.74, 6) is 0. The van der Waals surface area contributed by atoms with E-state index in [1.54, 1.807) is 12.3 Å². The maximum Gasteiger partial charge on any atom is 0.0587 e. The monoisotopic (exact) mass is 303 g/mol. The van der Waals surface area contributed by atoms with Crippen molar-refractivity contribution in [3.63, 3.8) is 0 Å². The molecule has 0 amide bonds. The number of anilines is 1. The molecule has 0 saturated carbocycles. The molecular formula is C20H21N3. The molecule has 3 aromatic rings. The number of aliphatic imine (C=N–C) groups is 1. The van der Waals surface area contributed by atoms with Gasteiger partial charge >= 0.3 is 0 Å². The van der Waals surface area contributed by atoms with E-state index in [9.17, 15) is 0 Å². The normalized spacial score (nSPS) is 11.8. The highest BCUT2D eigenvalue weighted by Crippen LogP contribution is 2.32. The van der Waals surface area contributed by atoms with Crippen LogP contribution in [0.25, 0.3) is 21.8 Å². The van der Waals surface area contributed by atoms with Crippen LogP contribution >= 0.6 is 0 Å². The van der Waals surface area contributed by atoms with Crippen LogP contribution in [0.4, 0.5) is 5.69 Å². The first kappa shape index (κ1) is 15.1. The Hall–Kier alpha value is -2.81. The minimum absolute atomic E-state index is 0.915. The highest BCUT2D eigenvalue weighted by Gasteiger charge is 2.11. The van der Waals surface area contributed by atoms with Gasteiger partial charge in [-0.25, -0.2) is 0 Å². The lowest BCUT2D eigenvalue weighted by molar-refractivity contribution is 0.827. The summed E-state index contributed by atoms with van der Waals surface area (Å²) >= 11 is 0. The average molecular weight is 303 g/mol. The van der Waals surface area contributed by atoms with Crippen molar-refractivity contribution in [3.8, 4) is 0 Å². The molecule has 0 fully saturated rings. The molecular weight excluding hydrogens is 282 g/mol. The lowest BCUT2D eigenvalue weighted by Gasteiger charge is -2.20. The summed E-state index contributed by atoms with van der Waals surface area (Å²) in [4.78, 5) is 5.92. The number of benzene rings is 2. The number of hydrogen-bond donors (Lipinski definition) is 0. The fourth-order valence-corrected chi connectivity index (χ4v) is 3.11. The van der Waals surface area contributed by atoms with Crippen LogP contribution < -0.4 is 4.90 Å². The minimum atomic E-state index is 0.915. The quantitative estimate of drug-likeness (QED) is 0.481. The fraction of sp³-hybridized carbons (Fsp3) is 0.150. The van der Waals surface area contributed by atoms with E-state index in [2.05, 4.69) is 77.1 Å². The zero-order valence-corrected chi connectivity index (χ0v) is 13.7. The van der Waals surface area contributed by atoms with Crippen LogP contribution in [0.2, 0.25) is 0 Å². The SMILES string of the molecule is C=C/C(=C/N=C)N(C)c1ccc2c(c1)c1ccccc1n2CC. The van der Waals surface area contributed by atoms with Crippen LogP contribution in [0.1, 0.15) is 6.92 Å². The summed E-state index contributed by atoms with van der Waals surface area (Å²) in [5.41, 5.74) is 4.55. The molecule has 0 bridgehead atoms. The van der Waals surface area contributed by atoms with Crippen LogP contribution in [-0.2, 0) is 6.54 Å². The van der Waals surface area contributed by atoms with Gasteiger partial charge in [0.25, 0.3) is 0 Å². The highest BCUT2D eigenvalue weighted by atomic mass is 15.1. The number of aryl methyl sites for hydroxylation is 1. The summed E-state index contributed by atoms with van der Waals surface area (Å²) < 4.78 is 2.35. The van der Waals surface area contributed by atoms with E-state index in [1.165, 1.54) is 21.8 Å². The zero-order valence-electron chi connectivity index (χ0n) is 13.7. The molecule has 0 aliphatic rings. The molecule has 1 aromatic heterocycles. The Morgan fingerprint density at radius 1 is 1.17 bits per heavy atom. The van der Waals surface area contributed by atoms with Gasteiger partial charge in [-0.2, -0.15) is 0 Å². The Bertz CT molecular complexity index is 915. The molecule has 0 atom stereocenters. The number of aromatic nitrogens is 1. The van der Waals surface area contributed by atoms with E-state index >= 15 is 0 Å². The molecule has 3 nitrogen and oxygen atoms in total. The van der Waals surface area contributed by atoms with E-state index in [-0.39, 0.29) is 0 Å². The number of rotatable bonds is 5. The number of nitrogens with zero attached hydrogens (tertiary/aromatic N) is 3. The molecule has 23 heavy (non-hydrogen) atoms. The van der Waals surface area contributed by atoms with E-state index in [0.717, 1.165) is 17.9 Å². The minimum Gasteiger partial charge on any atom is -0.343 e. The lowest BCUT2D eigenvalue weighted by Crippen LogP contribution is -2.14. The molecule has 0 unspecified atom stereocenters. The van der Waals surface area contributed by atoms with Crippen molar-refractivity contribution in [1.82, 2.24) is 4.57 Å². The van der Waals surface area contributed by atoms with Crippen molar-refractivity contribution in [2.45, 2.75) is 13.5 Å². The van der Waals surface area contributed by atoms with E-state index in [0.29, 0.717) is 0 Å². The first-order valence-electron chi connectivity index (χ1n) is 7.74. The van der Waals surface area contributed by atoms with Crippen molar-refractivity contribution >= 4 is 34.2 Å². The largest absolute Gasteiger partial charge is 0.343 e. The van der Waals surface area contributed by atoms with Gasteiger partial charge < -0.3 is 9.47 Å². The third kappa shape index (κ3) is 2.44. The Balaban J connectivity index is 2.23. The average Bonchev–Trinajstić information content (AvgIpc) is 2.92. The molecule has 0 spiro atoms. The van der Waals surface area contributed by atoms with Crippen LogP contribution in [0.15, 0.2) is 72.0 Å². The summed E-state index contributed by atoms with van der Waals surface area (Å²) in [5, 5.41) is 2.55. The van der Waals surface area contributed by atoms with Gasteiger partial charge in [0.2, 0.25) is 0 Å². The van der Waals surface area contributed by atoms with Gasteiger partial charge in [-0.15, -0.1) is 0 Å². The summed E-state index contributed by atoms with van der Waals surface area (Å²) in [6.45, 7) is 10.5. The second kappa shape index (κ2) is 6.13. The standard InChI is InChI=1S/C20H21N3/c1-5-15(14-21-3)22(4)16-11-12-20-18(13-16)17-9-7-8-10-19(17)23(20)6-2/h5,7-14H,1,3,6H2,2,4H3/b15-14-. The van der Waals surface area contributed by atoms with Gasteiger partial charge in [-0.1, -0.05) is 24.8 Å². The molecule has 0 aliphatic heterocycles. The predicted molar refractivity (Wildman–Crippen MR) is 101 cm³/mol. The van der Waals surface area contributed by atoms with Gasteiger partial charge in [-0.3, -0.25) is 4.99 Å². The molecule has 3 rings (SSSR count). The Morgan fingerprint density at radius 2 is 1.91 bits per heavy atom. The summed E-state index contributed by atoms with van der Waals surface area (Å²) in [6, 6.07) is 15.1. The smallest absolute Gasteiger partial charge is 0.0587 e. The second-order valence-corrected chi connectivity index (χ2v) is 5.46. The maximum atomic E-state index is 3.85. The van der Waals surface area contributed by atoms with Crippen molar-refractivity contribution < 1.29 is 0 Å². The topological polar surface area (TPSA) is 20.5 Å². The van der Waals surface area contributed by atoms with Gasteiger partial charge in [0, 0.05) is 47.3 Å². The van der Waals surface area contributed by atoms with Crippen LogP contribution in [0, 0.1) is 0 Å². The van der Waals surface area contributed by atoms with Gasteiger partial charge in [0.05, 0.1) is 5.70 Å². The Morgan fingerprint density at radius 3 is 2.61 bits per heavy atom. The summed E-state index contributed by atoms with van der Waals surface area (Å²) in [6.07, 6.45) is 3.50. The van der Waals surface area contributed by atoms with Crippen molar-refractivity contribution in [2.75, 3.05) is 11.9 Å². The van der Waals surface area contributed by atoms with Crippen LogP contribution in [0.5, 0.6) is 0 Å².